The van der Waals surface area contributed by atoms with Gasteiger partial charge >= 0.3 is 6.03 Å². The van der Waals surface area contributed by atoms with Gasteiger partial charge in [0.25, 0.3) is 0 Å². The Morgan fingerprint density at radius 1 is 1.24 bits per heavy atom. The van der Waals surface area contributed by atoms with Crippen LogP contribution in [0.5, 0.6) is 0 Å². The number of carbonyl (C=O) groups is 1. The lowest BCUT2D eigenvalue weighted by Crippen LogP contribution is -2.53. The molecule has 21 heavy (non-hydrogen) atoms. The summed E-state index contributed by atoms with van der Waals surface area (Å²) in [6.45, 7) is 0.0276. The van der Waals surface area contributed by atoms with Crippen molar-refractivity contribution >= 4 is 6.03 Å². The average Bonchev–Trinajstić information content (AvgIpc) is 3.25. The van der Waals surface area contributed by atoms with Gasteiger partial charge in [0, 0.05) is 0 Å². The number of rotatable bonds is 5. The van der Waals surface area contributed by atoms with Crippen molar-refractivity contribution in [3.63, 3.8) is 0 Å². The number of aliphatic hydroxyl groups excluding tert-OH is 1. The van der Waals surface area contributed by atoms with E-state index in [1.165, 1.54) is 18.4 Å². The molecule has 1 aromatic carbocycles. The van der Waals surface area contributed by atoms with E-state index in [1.54, 1.807) is 0 Å². The lowest BCUT2D eigenvalue weighted by Gasteiger charge is -2.29. The summed E-state index contributed by atoms with van der Waals surface area (Å²) in [6, 6.07) is 10.1. The minimum atomic E-state index is -0.408. The van der Waals surface area contributed by atoms with E-state index >= 15 is 0 Å². The van der Waals surface area contributed by atoms with Crippen molar-refractivity contribution in [3.8, 4) is 0 Å². The zero-order valence-electron chi connectivity index (χ0n) is 12.3. The van der Waals surface area contributed by atoms with E-state index in [2.05, 4.69) is 22.8 Å². The number of carbonyl (C=O) groups excluding carboxylic acids is 1. The van der Waals surface area contributed by atoms with E-state index in [4.69, 9.17) is 0 Å². The highest BCUT2D eigenvalue weighted by Gasteiger charge is 2.37. The molecule has 0 aromatic heterocycles. The van der Waals surface area contributed by atoms with Crippen molar-refractivity contribution in [1.29, 1.82) is 0 Å². The zero-order chi connectivity index (χ0) is 14.7. The van der Waals surface area contributed by atoms with Crippen LogP contribution in [0.3, 0.4) is 0 Å². The van der Waals surface area contributed by atoms with Gasteiger partial charge in [-0.25, -0.2) is 4.79 Å². The van der Waals surface area contributed by atoms with E-state index in [9.17, 15) is 9.90 Å². The standard InChI is InChI=1S/C17H24N2O2/c20-12-17(10-4-5-11-17)19-16(21)18-15(14-8-9-14)13-6-2-1-3-7-13/h1-3,6-7,14-15,20H,4-5,8-12H2,(H2,18,19,21). The van der Waals surface area contributed by atoms with Crippen molar-refractivity contribution in [2.45, 2.75) is 50.1 Å². The quantitative estimate of drug-likeness (QED) is 0.780. The Morgan fingerprint density at radius 3 is 2.48 bits per heavy atom. The van der Waals surface area contributed by atoms with Gasteiger partial charge in [0.05, 0.1) is 18.2 Å². The molecule has 2 saturated carbocycles. The van der Waals surface area contributed by atoms with E-state index in [0.29, 0.717) is 5.92 Å². The van der Waals surface area contributed by atoms with Crippen LogP contribution in [0, 0.1) is 5.92 Å². The predicted octanol–water partition coefficient (Wildman–Crippen LogP) is 2.74. The summed E-state index contributed by atoms with van der Waals surface area (Å²) in [6.07, 6.45) is 6.24. The molecule has 3 rings (SSSR count). The third kappa shape index (κ3) is 3.38. The maximum Gasteiger partial charge on any atom is 0.315 e. The lowest BCUT2D eigenvalue weighted by atomic mass is 9.99. The van der Waals surface area contributed by atoms with Crippen LogP contribution in [-0.4, -0.2) is 23.3 Å². The first kappa shape index (κ1) is 14.4. The summed E-state index contributed by atoms with van der Waals surface area (Å²) in [5.74, 6) is 0.548. The van der Waals surface area contributed by atoms with Gasteiger partial charge in [0.1, 0.15) is 0 Å². The Balaban J connectivity index is 1.64. The smallest absolute Gasteiger partial charge is 0.315 e. The van der Waals surface area contributed by atoms with Crippen LogP contribution < -0.4 is 10.6 Å². The van der Waals surface area contributed by atoms with Gasteiger partial charge in [-0.3, -0.25) is 0 Å². The van der Waals surface area contributed by atoms with Crippen LogP contribution in [0.2, 0.25) is 0 Å². The molecule has 1 aromatic rings. The largest absolute Gasteiger partial charge is 0.394 e. The highest BCUT2D eigenvalue weighted by Crippen LogP contribution is 2.41. The first-order valence-electron chi connectivity index (χ1n) is 7.97. The minimum absolute atomic E-state index is 0.0276. The Labute approximate surface area is 125 Å². The van der Waals surface area contributed by atoms with Crippen LogP contribution in [0.15, 0.2) is 30.3 Å². The summed E-state index contributed by atoms with van der Waals surface area (Å²) in [5.41, 5.74) is 0.758. The Morgan fingerprint density at radius 2 is 1.90 bits per heavy atom. The van der Waals surface area contributed by atoms with E-state index in [1.807, 2.05) is 18.2 Å². The molecule has 114 valence electrons. The fourth-order valence-corrected chi connectivity index (χ4v) is 3.36. The van der Waals surface area contributed by atoms with Crippen molar-refractivity contribution in [3.05, 3.63) is 35.9 Å². The molecular weight excluding hydrogens is 264 g/mol. The summed E-state index contributed by atoms with van der Waals surface area (Å²) < 4.78 is 0. The molecule has 2 aliphatic rings. The van der Waals surface area contributed by atoms with Crippen molar-refractivity contribution < 1.29 is 9.90 Å². The Hall–Kier alpha value is -1.55. The molecular formula is C17H24N2O2. The molecule has 2 amide bonds. The van der Waals surface area contributed by atoms with Crippen molar-refractivity contribution in [2.75, 3.05) is 6.61 Å². The minimum Gasteiger partial charge on any atom is -0.394 e. The fraction of sp³-hybridized carbons (Fsp3) is 0.588. The van der Waals surface area contributed by atoms with E-state index in [-0.39, 0.29) is 18.7 Å². The summed E-state index contributed by atoms with van der Waals surface area (Å²) in [4.78, 5) is 12.3. The molecule has 0 saturated heterocycles. The normalized spacial score (nSPS) is 21.8. The molecule has 4 heteroatoms. The second-order valence-corrected chi connectivity index (χ2v) is 6.47. The first-order valence-corrected chi connectivity index (χ1v) is 7.97. The number of amides is 2. The van der Waals surface area contributed by atoms with Gasteiger partial charge in [-0.1, -0.05) is 43.2 Å². The molecule has 1 unspecified atom stereocenters. The molecule has 3 N–H and O–H groups in total. The summed E-state index contributed by atoms with van der Waals surface area (Å²) in [7, 11) is 0. The molecule has 1 atom stereocenters. The molecule has 0 heterocycles. The number of hydrogen-bond donors (Lipinski definition) is 3. The van der Waals surface area contributed by atoms with Gasteiger partial charge < -0.3 is 15.7 Å². The monoisotopic (exact) mass is 288 g/mol. The second-order valence-electron chi connectivity index (χ2n) is 6.47. The SMILES string of the molecule is O=C(NC(c1ccccc1)C1CC1)NC1(CO)CCCC1. The highest BCUT2D eigenvalue weighted by atomic mass is 16.3. The molecule has 0 radical (unpaired) electrons. The zero-order valence-corrected chi connectivity index (χ0v) is 12.3. The number of urea groups is 1. The molecule has 2 fully saturated rings. The second kappa shape index (κ2) is 6.06. The molecule has 0 aliphatic heterocycles. The van der Waals surface area contributed by atoms with Crippen LogP contribution in [0.4, 0.5) is 4.79 Å². The maximum atomic E-state index is 12.3. The lowest BCUT2D eigenvalue weighted by molar-refractivity contribution is 0.161. The summed E-state index contributed by atoms with van der Waals surface area (Å²) >= 11 is 0. The summed E-state index contributed by atoms with van der Waals surface area (Å²) in [5, 5.41) is 15.7. The number of hydrogen-bond acceptors (Lipinski definition) is 2. The maximum absolute atomic E-state index is 12.3. The van der Waals surface area contributed by atoms with Gasteiger partial charge in [0.2, 0.25) is 0 Å². The van der Waals surface area contributed by atoms with Gasteiger partial charge in [-0.15, -0.1) is 0 Å². The van der Waals surface area contributed by atoms with Gasteiger partial charge in [0.15, 0.2) is 0 Å². The van der Waals surface area contributed by atoms with Crippen LogP contribution in [0.1, 0.15) is 50.1 Å². The molecule has 2 aliphatic carbocycles. The van der Waals surface area contributed by atoms with E-state index in [0.717, 1.165) is 25.7 Å². The molecule has 4 nitrogen and oxygen atoms in total. The number of benzene rings is 1. The predicted molar refractivity (Wildman–Crippen MR) is 81.9 cm³/mol. The Bertz CT molecular complexity index is 479. The fourth-order valence-electron chi connectivity index (χ4n) is 3.36. The van der Waals surface area contributed by atoms with Crippen LogP contribution in [-0.2, 0) is 0 Å². The highest BCUT2D eigenvalue weighted by molar-refractivity contribution is 5.75. The van der Waals surface area contributed by atoms with Crippen molar-refractivity contribution in [2.24, 2.45) is 5.92 Å². The van der Waals surface area contributed by atoms with Crippen molar-refractivity contribution in [1.82, 2.24) is 10.6 Å². The van der Waals surface area contributed by atoms with Crippen LogP contribution in [0.25, 0.3) is 0 Å². The van der Waals surface area contributed by atoms with Gasteiger partial charge in [-0.2, -0.15) is 0 Å². The Kier molecular flexibility index (Phi) is 4.15. The molecule has 0 spiro atoms. The average molecular weight is 288 g/mol. The van der Waals surface area contributed by atoms with E-state index < -0.39 is 5.54 Å². The third-order valence-corrected chi connectivity index (χ3v) is 4.78. The number of aliphatic hydroxyl groups is 1. The topological polar surface area (TPSA) is 61.4 Å². The third-order valence-electron chi connectivity index (χ3n) is 4.78. The van der Waals surface area contributed by atoms with Gasteiger partial charge in [-0.05, 0) is 37.2 Å². The van der Waals surface area contributed by atoms with Crippen LogP contribution >= 0.6 is 0 Å². The molecule has 0 bridgehead atoms. The first-order chi connectivity index (χ1) is 10.2. The number of nitrogens with one attached hydrogen (secondary N) is 2.